The summed E-state index contributed by atoms with van der Waals surface area (Å²) in [7, 11) is 0. The molecule has 0 aliphatic rings. The van der Waals surface area contributed by atoms with Crippen molar-refractivity contribution in [1.82, 2.24) is 10.6 Å². The first kappa shape index (κ1) is 23.1. The van der Waals surface area contributed by atoms with E-state index >= 15 is 0 Å². The molecular weight excluding hydrogens is 412 g/mol. The molecule has 0 aliphatic carbocycles. The molecule has 0 unspecified atom stereocenters. The lowest BCUT2D eigenvalue weighted by atomic mass is 10.1. The molecule has 0 saturated heterocycles. The van der Waals surface area contributed by atoms with Gasteiger partial charge in [-0.1, -0.05) is 30.3 Å². The molecule has 4 N–H and O–H groups in total. The van der Waals surface area contributed by atoms with E-state index in [1.165, 1.54) is 16.8 Å². The fourth-order valence-electron chi connectivity index (χ4n) is 2.49. The summed E-state index contributed by atoms with van der Waals surface area (Å²) in [5.74, 6) is -1.68. The maximum Gasteiger partial charge on any atom is 0.475 e. The number of benzene rings is 1. The minimum Gasteiger partial charge on any atom is -0.480 e. The summed E-state index contributed by atoms with van der Waals surface area (Å²) in [6.07, 6.45) is 2.13. The molecule has 2 aromatic rings. The fourth-order valence-corrected chi connectivity index (χ4v) is 2.49. The molecule has 12 heteroatoms. The van der Waals surface area contributed by atoms with Crippen LogP contribution in [-0.4, -0.2) is 52.6 Å². The van der Waals surface area contributed by atoms with Gasteiger partial charge in [-0.2, -0.15) is 9.40 Å². The van der Waals surface area contributed by atoms with Crippen molar-refractivity contribution in [2.75, 3.05) is 13.2 Å². The molecule has 0 radical (unpaired) electrons. The molecule has 0 fully saturated rings. The molecule has 2 amide bonds. The highest BCUT2D eigenvalue weighted by Crippen LogP contribution is 2.04. The number of aliphatic carboxylic acids is 1. The van der Waals surface area contributed by atoms with E-state index in [0.29, 0.717) is 0 Å². The Hall–Kier alpha value is -4.22. The normalized spacial score (nSPS) is 11.1. The molecule has 0 spiro atoms. The molecule has 1 atom stereocenters. The van der Waals surface area contributed by atoms with Gasteiger partial charge < -0.3 is 20.5 Å². The molecule has 0 bridgehead atoms. The molecule has 0 saturated carbocycles. The number of alkyl carbamates (subject to hydrolysis) is 1. The van der Waals surface area contributed by atoms with Gasteiger partial charge in [-0.15, -0.1) is 0 Å². The Morgan fingerprint density at radius 1 is 1.13 bits per heavy atom. The van der Waals surface area contributed by atoms with Crippen molar-refractivity contribution in [3.63, 3.8) is 0 Å². The maximum absolute atomic E-state index is 12.1. The number of rotatable bonds is 11. The van der Waals surface area contributed by atoms with Gasteiger partial charge in [0.15, 0.2) is 19.0 Å². The average Bonchev–Trinajstić information content (AvgIpc) is 2.75. The molecule has 1 heterocycles. The lowest BCUT2D eigenvalue weighted by Crippen LogP contribution is -2.45. The van der Waals surface area contributed by atoms with E-state index in [-0.39, 0.29) is 31.9 Å². The molecule has 1 aromatic heterocycles. The average molecular weight is 434 g/mol. The minimum absolute atomic E-state index is 0.0239. The summed E-state index contributed by atoms with van der Waals surface area (Å²) in [6, 6.07) is 10.7. The highest BCUT2D eigenvalue weighted by molar-refractivity contribution is 5.93. The molecular formula is C19H22N4O8+2. The number of ether oxygens (including phenoxy) is 1. The van der Waals surface area contributed by atoms with Gasteiger partial charge in [0.1, 0.15) is 16.5 Å². The van der Waals surface area contributed by atoms with E-state index in [1.807, 2.05) is 0 Å². The van der Waals surface area contributed by atoms with Crippen molar-refractivity contribution in [1.29, 1.82) is 0 Å². The van der Waals surface area contributed by atoms with Gasteiger partial charge in [0.05, 0.1) is 6.54 Å². The van der Waals surface area contributed by atoms with E-state index in [2.05, 4.69) is 15.5 Å². The number of hydrogen-bond donors (Lipinski definition) is 4. The number of carboxylic acid groups (broad SMARTS) is 1. The number of carbonyl (C=O) groups is 3. The molecule has 1 aromatic carbocycles. The second kappa shape index (κ2) is 11.7. The number of carboxylic acids is 1. The van der Waals surface area contributed by atoms with Gasteiger partial charge in [0, 0.05) is 12.5 Å². The Morgan fingerprint density at radius 3 is 2.55 bits per heavy atom. The van der Waals surface area contributed by atoms with Crippen LogP contribution in [0.15, 0.2) is 54.9 Å². The zero-order chi connectivity index (χ0) is 22.6. The quantitative estimate of drug-likeness (QED) is 0.222. The van der Waals surface area contributed by atoms with Crippen molar-refractivity contribution >= 4 is 18.0 Å². The topological polar surface area (TPSA) is 158 Å². The van der Waals surface area contributed by atoms with Gasteiger partial charge in [-0.05, 0) is 11.6 Å². The smallest absolute Gasteiger partial charge is 0.475 e. The highest BCUT2D eigenvalue weighted by Gasteiger charge is 2.22. The molecule has 0 aliphatic heterocycles. The first-order valence-corrected chi connectivity index (χ1v) is 9.11. The lowest BCUT2D eigenvalue weighted by Gasteiger charge is -2.13. The number of hydrogen-bond acceptors (Lipinski definition) is 6. The van der Waals surface area contributed by atoms with Gasteiger partial charge >= 0.3 is 17.1 Å². The number of nitrogens with zero attached hydrogens (tertiary/aromatic N) is 2. The van der Waals surface area contributed by atoms with Crippen LogP contribution in [0.1, 0.15) is 15.9 Å². The second-order valence-electron chi connectivity index (χ2n) is 6.22. The van der Waals surface area contributed by atoms with Crippen LogP contribution in [0, 0.1) is 4.91 Å². The number of nitrogens with one attached hydrogen (secondary N) is 2. The zero-order valence-corrected chi connectivity index (χ0v) is 16.3. The van der Waals surface area contributed by atoms with Crippen molar-refractivity contribution in [2.45, 2.75) is 19.2 Å². The van der Waals surface area contributed by atoms with Gasteiger partial charge in [-0.25, -0.2) is 14.8 Å². The Bertz CT molecular complexity index is 922. The Morgan fingerprint density at radius 2 is 1.87 bits per heavy atom. The van der Waals surface area contributed by atoms with Gasteiger partial charge in [-0.3, -0.25) is 4.79 Å². The van der Waals surface area contributed by atoms with Crippen LogP contribution in [0.25, 0.3) is 0 Å². The summed E-state index contributed by atoms with van der Waals surface area (Å²) in [5, 5.41) is 21.7. The van der Waals surface area contributed by atoms with Crippen molar-refractivity contribution < 1.29 is 43.9 Å². The lowest BCUT2D eigenvalue weighted by molar-refractivity contribution is -0.975. The maximum atomic E-state index is 12.1. The van der Waals surface area contributed by atoms with Crippen LogP contribution in [0.2, 0.25) is 0 Å². The summed E-state index contributed by atoms with van der Waals surface area (Å²) in [6.45, 7) is -0.511. The third-order valence-corrected chi connectivity index (χ3v) is 3.93. The summed E-state index contributed by atoms with van der Waals surface area (Å²) in [5.41, 5.74) is 0.984. The van der Waals surface area contributed by atoms with Crippen LogP contribution in [0.5, 0.6) is 0 Å². The standard InChI is InChI=1S/C19H20N4O8/c24-17(20-8-10-31-23(28)29)15-7-4-9-22(12-15)13-30-19(27)21-16(18(25)26)11-14-5-2-1-3-6-14/h1-7,9,12,16H,8,10-11,13H2,(H2-2,20,21,24,25,26,27,28,29)/p+2/t16-/m0/s1. The minimum atomic E-state index is -1.20. The van der Waals surface area contributed by atoms with Crippen molar-refractivity contribution in [3.8, 4) is 0 Å². The zero-order valence-electron chi connectivity index (χ0n) is 16.3. The first-order chi connectivity index (χ1) is 14.8. The first-order valence-electron chi connectivity index (χ1n) is 9.11. The van der Waals surface area contributed by atoms with E-state index in [4.69, 9.17) is 9.94 Å². The molecule has 12 nitrogen and oxygen atoms in total. The van der Waals surface area contributed by atoms with Gasteiger partial charge in [0.25, 0.3) is 12.6 Å². The summed E-state index contributed by atoms with van der Waals surface area (Å²) < 4.78 is 6.44. The van der Waals surface area contributed by atoms with Crippen LogP contribution in [0.4, 0.5) is 4.79 Å². The number of amides is 2. The predicted molar refractivity (Wildman–Crippen MR) is 102 cm³/mol. The van der Waals surface area contributed by atoms with Crippen molar-refractivity contribution in [2.24, 2.45) is 0 Å². The summed E-state index contributed by atoms with van der Waals surface area (Å²) in [4.78, 5) is 49.9. The largest absolute Gasteiger partial charge is 0.480 e. The van der Waals surface area contributed by atoms with Gasteiger partial charge in [0.2, 0.25) is 0 Å². The monoisotopic (exact) mass is 434 g/mol. The Kier molecular flexibility index (Phi) is 8.71. The highest BCUT2D eigenvalue weighted by atomic mass is 16.9. The Labute approximate surface area is 176 Å². The van der Waals surface area contributed by atoms with E-state index in [0.717, 1.165) is 5.56 Å². The fraction of sp³-hybridized carbons (Fsp3) is 0.263. The predicted octanol–water partition coefficient (Wildman–Crippen LogP) is 0.183. The van der Waals surface area contributed by atoms with E-state index < -0.39 is 29.1 Å². The molecule has 2 rings (SSSR count). The van der Waals surface area contributed by atoms with Crippen molar-refractivity contribution in [3.05, 3.63) is 70.9 Å². The number of aromatic nitrogens is 1. The second-order valence-corrected chi connectivity index (χ2v) is 6.22. The Balaban J connectivity index is 1.85. The summed E-state index contributed by atoms with van der Waals surface area (Å²) >= 11 is 0. The molecule has 164 valence electrons. The number of carbonyl (C=O) groups excluding carboxylic acids is 2. The SMILES string of the molecule is O=C(N[C@@H](Cc1ccccc1)C(=O)O)OC[n+]1cccc(C(=O)NCCO[N+](=O)O)c1. The van der Waals surface area contributed by atoms with Crippen LogP contribution < -0.4 is 15.2 Å². The number of pyridine rings is 1. The van der Waals surface area contributed by atoms with Crippen LogP contribution in [0.3, 0.4) is 0 Å². The van der Waals surface area contributed by atoms with Crippen LogP contribution >= 0.6 is 0 Å². The third-order valence-electron chi connectivity index (χ3n) is 3.93. The third kappa shape index (κ3) is 8.35. The molecule has 31 heavy (non-hydrogen) atoms. The van der Waals surface area contributed by atoms with E-state index in [1.54, 1.807) is 42.6 Å². The van der Waals surface area contributed by atoms with E-state index in [9.17, 15) is 24.4 Å². The van der Waals surface area contributed by atoms with Crippen LogP contribution in [-0.2, 0) is 27.5 Å².